The molecule has 0 unspecified atom stereocenters. The maximum Gasteiger partial charge on any atom is 0.241 e. The van der Waals surface area contributed by atoms with Gasteiger partial charge in [-0.3, -0.25) is 9.59 Å². The zero-order valence-electron chi connectivity index (χ0n) is 12.7. The van der Waals surface area contributed by atoms with Crippen molar-refractivity contribution in [3.05, 3.63) is 0 Å². The number of rotatable bonds is 5. The molecule has 0 aromatic heterocycles. The quantitative estimate of drug-likeness (QED) is 0.799. The molecule has 1 saturated heterocycles. The highest BCUT2D eigenvalue weighted by Crippen LogP contribution is 2.34. The van der Waals surface area contributed by atoms with E-state index in [9.17, 15) is 9.59 Å². The summed E-state index contributed by atoms with van der Waals surface area (Å²) in [6.45, 7) is 6.57. The van der Waals surface area contributed by atoms with Crippen LogP contribution in [0.3, 0.4) is 0 Å². The van der Waals surface area contributed by atoms with Crippen LogP contribution in [-0.4, -0.2) is 61.9 Å². The molecule has 19 heavy (non-hydrogen) atoms. The number of carbonyl (C=O) groups is 2. The molecule has 0 atom stereocenters. The molecule has 1 aliphatic heterocycles. The molecule has 5 heteroatoms. The predicted octanol–water partition coefficient (Wildman–Crippen LogP) is 0.703. The Morgan fingerprint density at radius 3 is 2.16 bits per heavy atom. The first-order valence-electron chi connectivity index (χ1n) is 7.17. The van der Waals surface area contributed by atoms with E-state index < -0.39 is 0 Å². The molecule has 1 N–H and O–H groups in total. The van der Waals surface area contributed by atoms with E-state index in [2.05, 4.69) is 12.2 Å². The second-order valence-corrected chi connectivity index (χ2v) is 5.49. The molecule has 0 aromatic carbocycles. The Balaban J connectivity index is 2.78. The molecule has 1 heterocycles. The van der Waals surface area contributed by atoms with Gasteiger partial charge in [0.15, 0.2) is 0 Å². The molecule has 0 radical (unpaired) electrons. The van der Waals surface area contributed by atoms with E-state index in [1.165, 1.54) is 4.90 Å². The number of likely N-dealkylation sites (N-methyl/N-ethyl adjacent to an activating group) is 2. The van der Waals surface area contributed by atoms with Gasteiger partial charge in [0.25, 0.3) is 0 Å². The average molecular weight is 269 g/mol. The van der Waals surface area contributed by atoms with E-state index in [-0.39, 0.29) is 23.8 Å². The number of hydrogen-bond donors (Lipinski definition) is 1. The van der Waals surface area contributed by atoms with Gasteiger partial charge in [0, 0.05) is 20.6 Å². The van der Waals surface area contributed by atoms with Crippen LogP contribution < -0.4 is 5.32 Å². The lowest BCUT2D eigenvalue weighted by atomic mass is 9.75. The van der Waals surface area contributed by atoms with Crippen LogP contribution in [0.5, 0.6) is 0 Å². The minimum atomic E-state index is -0.270. The zero-order chi connectivity index (χ0) is 14.5. The van der Waals surface area contributed by atoms with Gasteiger partial charge in [-0.15, -0.1) is 0 Å². The molecular formula is C14H27N3O2. The lowest BCUT2D eigenvalue weighted by molar-refractivity contribution is -0.148. The van der Waals surface area contributed by atoms with E-state index >= 15 is 0 Å². The van der Waals surface area contributed by atoms with Crippen molar-refractivity contribution in [1.29, 1.82) is 0 Å². The molecule has 1 aliphatic rings. The van der Waals surface area contributed by atoms with E-state index in [4.69, 9.17) is 0 Å². The summed E-state index contributed by atoms with van der Waals surface area (Å²) in [7, 11) is 3.45. The molecule has 0 bridgehead atoms. The van der Waals surface area contributed by atoms with Gasteiger partial charge >= 0.3 is 0 Å². The molecule has 0 aliphatic carbocycles. The monoisotopic (exact) mass is 269 g/mol. The summed E-state index contributed by atoms with van der Waals surface area (Å²) in [4.78, 5) is 27.8. The minimum Gasteiger partial charge on any atom is -0.347 e. The molecule has 0 saturated carbocycles. The summed E-state index contributed by atoms with van der Waals surface area (Å²) in [6, 6.07) is 0. The predicted molar refractivity (Wildman–Crippen MR) is 75.8 cm³/mol. The highest BCUT2D eigenvalue weighted by Gasteiger charge is 2.40. The third-order valence-corrected chi connectivity index (χ3v) is 4.18. The van der Waals surface area contributed by atoms with Crippen LogP contribution in [-0.2, 0) is 9.59 Å². The van der Waals surface area contributed by atoms with Crippen molar-refractivity contribution >= 4 is 11.8 Å². The maximum atomic E-state index is 12.8. The van der Waals surface area contributed by atoms with Crippen molar-refractivity contribution in [2.24, 2.45) is 5.41 Å². The lowest BCUT2D eigenvalue weighted by Gasteiger charge is -2.39. The Kier molecular flexibility index (Phi) is 5.79. The van der Waals surface area contributed by atoms with Gasteiger partial charge in [0.2, 0.25) is 11.8 Å². The van der Waals surface area contributed by atoms with Crippen LogP contribution in [0.2, 0.25) is 0 Å². The van der Waals surface area contributed by atoms with Crippen molar-refractivity contribution in [1.82, 2.24) is 15.1 Å². The summed E-state index contributed by atoms with van der Waals surface area (Å²) in [5, 5.41) is 3.30. The molecule has 2 amide bonds. The van der Waals surface area contributed by atoms with E-state index in [0.29, 0.717) is 6.54 Å². The van der Waals surface area contributed by atoms with Gasteiger partial charge in [-0.25, -0.2) is 0 Å². The van der Waals surface area contributed by atoms with Crippen LogP contribution in [0.1, 0.15) is 33.1 Å². The fraction of sp³-hybridized carbons (Fsp3) is 0.857. The van der Waals surface area contributed by atoms with Crippen LogP contribution in [0.15, 0.2) is 0 Å². The first-order valence-corrected chi connectivity index (χ1v) is 7.17. The van der Waals surface area contributed by atoms with Crippen molar-refractivity contribution in [2.75, 3.05) is 40.3 Å². The fourth-order valence-corrected chi connectivity index (χ4v) is 2.59. The van der Waals surface area contributed by atoms with Crippen LogP contribution in [0.4, 0.5) is 0 Å². The van der Waals surface area contributed by atoms with Crippen molar-refractivity contribution in [3.8, 4) is 0 Å². The van der Waals surface area contributed by atoms with Gasteiger partial charge in [-0.1, -0.05) is 6.92 Å². The molecule has 110 valence electrons. The van der Waals surface area contributed by atoms with Crippen molar-refractivity contribution < 1.29 is 9.59 Å². The summed E-state index contributed by atoms with van der Waals surface area (Å²) in [6.07, 6.45) is 2.59. The number of amides is 2. The summed E-state index contributed by atoms with van der Waals surface area (Å²) >= 11 is 0. The molecule has 5 nitrogen and oxygen atoms in total. The Bertz CT molecular complexity index is 323. The largest absolute Gasteiger partial charge is 0.347 e. The highest BCUT2D eigenvalue weighted by atomic mass is 16.2. The van der Waals surface area contributed by atoms with Crippen molar-refractivity contribution in [2.45, 2.75) is 33.1 Å². The standard InChI is InChI=1S/C14H27N3O2/c1-5-14(7-9-15-10-8-14)13(19)17(6-2)11-12(18)16(3)4/h15H,5-11H2,1-4H3. The van der Waals surface area contributed by atoms with Gasteiger partial charge in [-0.05, 0) is 39.3 Å². The molecule has 1 rings (SSSR count). The Morgan fingerprint density at radius 2 is 1.74 bits per heavy atom. The Morgan fingerprint density at radius 1 is 1.16 bits per heavy atom. The summed E-state index contributed by atoms with van der Waals surface area (Å²) in [5.41, 5.74) is -0.270. The number of piperidine rings is 1. The highest BCUT2D eigenvalue weighted by molar-refractivity contribution is 5.88. The number of hydrogen-bond acceptors (Lipinski definition) is 3. The SMILES string of the molecule is CCN(CC(=O)N(C)C)C(=O)C1(CC)CCNCC1. The number of carbonyl (C=O) groups excluding carboxylic acids is 2. The van der Waals surface area contributed by atoms with Gasteiger partial charge in [-0.2, -0.15) is 0 Å². The minimum absolute atomic E-state index is 0.0182. The van der Waals surface area contributed by atoms with Crippen LogP contribution in [0.25, 0.3) is 0 Å². The van der Waals surface area contributed by atoms with Crippen molar-refractivity contribution in [3.63, 3.8) is 0 Å². The first-order chi connectivity index (χ1) is 8.96. The average Bonchev–Trinajstić information content (AvgIpc) is 2.44. The van der Waals surface area contributed by atoms with Gasteiger partial charge < -0.3 is 15.1 Å². The van der Waals surface area contributed by atoms with E-state index in [1.54, 1.807) is 19.0 Å². The first kappa shape index (κ1) is 16.0. The molecule has 1 fully saturated rings. The normalized spacial score (nSPS) is 17.9. The molecule has 0 aromatic rings. The van der Waals surface area contributed by atoms with Gasteiger partial charge in [0.05, 0.1) is 12.0 Å². The maximum absolute atomic E-state index is 12.8. The fourth-order valence-electron chi connectivity index (χ4n) is 2.59. The third kappa shape index (κ3) is 3.69. The summed E-state index contributed by atoms with van der Waals surface area (Å²) in [5.74, 6) is 0.129. The third-order valence-electron chi connectivity index (χ3n) is 4.18. The number of nitrogens with zero attached hydrogens (tertiary/aromatic N) is 2. The zero-order valence-corrected chi connectivity index (χ0v) is 12.7. The van der Waals surface area contributed by atoms with Crippen LogP contribution in [0, 0.1) is 5.41 Å². The number of nitrogens with one attached hydrogen (secondary N) is 1. The van der Waals surface area contributed by atoms with Crippen LogP contribution >= 0.6 is 0 Å². The summed E-state index contributed by atoms with van der Waals surface area (Å²) < 4.78 is 0. The topological polar surface area (TPSA) is 52.7 Å². The second kappa shape index (κ2) is 6.89. The molecular weight excluding hydrogens is 242 g/mol. The Hall–Kier alpha value is -1.10. The van der Waals surface area contributed by atoms with E-state index in [0.717, 1.165) is 32.4 Å². The molecule has 0 spiro atoms. The van der Waals surface area contributed by atoms with E-state index in [1.807, 2.05) is 6.92 Å². The lowest BCUT2D eigenvalue weighted by Crippen LogP contribution is -2.51. The smallest absolute Gasteiger partial charge is 0.241 e. The Labute approximate surface area is 116 Å². The van der Waals surface area contributed by atoms with Gasteiger partial charge in [0.1, 0.15) is 0 Å². The second-order valence-electron chi connectivity index (χ2n) is 5.49.